The summed E-state index contributed by atoms with van der Waals surface area (Å²) in [6, 6.07) is 8.09. The van der Waals surface area contributed by atoms with Crippen LogP contribution in [0.5, 0.6) is 0 Å². The number of aromatic nitrogens is 2. The molecule has 18 heavy (non-hydrogen) atoms. The minimum atomic E-state index is -1.26. The van der Waals surface area contributed by atoms with E-state index in [1.807, 2.05) is 0 Å². The average molecular weight is 265 g/mol. The monoisotopic (exact) mass is 264 g/mol. The first-order valence-electron chi connectivity index (χ1n) is 5.12. The van der Waals surface area contributed by atoms with Crippen molar-refractivity contribution >= 4 is 17.6 Å². The second-order valence-electron chi connectivity index (χ2n) is 3.64. The highest BCUT2D eigenvalue weighted by Gasteiger charge is 2.11. The fourth-order valence-corrected chi connectivity index (χ4v) is 1.62. The van der Waals surface area contributed by atoms with Gasteiger partial charge in [0.2, 0.25) is 0 Å². The van der Waals surface area contributed by atoms with Crippen LogP contribution in [0.2, 0.25) is 5.02 Å². The van der Waals surface area contributed by atoms with Gasteiger partial charge in [-0.1, -0.05) is 23.7 Å². The highest BCUT2D eigenvalue weighted by molar-refractivity contribution is 6.30. The van der Waals surface area contributed by atoms with Gasteiger partial charge in [-0.15, -0.1) is 0 Å². The Labute approximate surface area is 107 Å². The van der Waals surface area contributed by atoms with Gasteiger partial charge >= 0.3 is 5.97 Å². The van der Waals surface area contributed by atoms with E-state index in [0.29, 0.717) is 5.02 Å². The summed E-state index contributed by atoms with van der Waals surface area (Å²) in [4.78, 5) is 22.6. The first-order valence-corrected chi connectivity index (χ1v) is 5.49. The SMILES string of the molecule is O=C(O)c1ccnn(Cc2ccc(Cl)cc2)c1=O. The zero-order valence-corrected chi connectivity index (χ0v) is 9.96. The van der Waals surface area contributed by atoms with Crippen molar-refractivity contribution in [2.24, 2.45) is 0 Å². The Balaban J connectivity index is 2.35. The first-order chi connectivity index (χ1) is 8.58. The molecule has 0 saturated heterocycles. The van der Waals surface area contributed by atoms with Crippen molar-refractivity contribution in [3.05, 3.63) is 63.0 Å². The van der Waals surface area contributed by atoms with Crippen molar-refractivity contribution in [1.29, 1.82) is 0 Å². The van der Waals surface area contributed by atoms with Crippen molar-refractivity contribution in [3.63, 3.8) is 0 Å². The number of nitrogens with zero attached hydrogens (tertiary/aromatic N) is 2. The molecule has 0 atom stereocenters. The molecule has 92 valence electrons. The van der Waals surface area contributed by atoms with Gasteiger partial charge in [0.25, 0.3) is 5.56 Å². The molecular formula is C12H9ClN2O3. The summed E-state index contributed by atoms with van der Waals surface area (Å²) >= 11 is 5.75. The molecule has 2 rings (SSSR count). The van der Waals surface area contributed by atoms with Crippen LogP contribution in [0.3, 0.4) is 0 Å². The summed E-state index contributed by atoms with van der Waals surface area (Å²) in [6.45, 7) is 0.205. The Bertz CT molecular complexity index is 635. The van der Waals surface area contributed by atoms with Crippen LogP contribution in [0.15, 0.2) is 41.3 Å². The van der Waals surface area contributed by atoms with Crippen LogP contribution >= 0.6 is 11.6 Å². The second kappa shape index (κ2) is 5.01. The highest BCUT2D eigenvalue weighted by Crippen LogP contribution is 2.09. The van der Waals surface area contributed by atoms with E-state index in [0.717, 1.165) is 10.2 Å². The summed E-state index contributed by atoms with van der Waals surface area (Å²) in [6.07, 6.45) is 1.29. The van der Waals surface area contributed by atoms with Gasteiger partial charge in [0, 0.05) is 11.2 Å². The first kappa shape index (κ1) is 12.3. The fourth-order valence-electron chi connectivity index (χ4n) is 1.49. The molecule has 0 amide bonds. The third-order valence-corrected chi connectivity index (χ3v) is 2.64. The fraction of sp³-hybridized carbons (Fsp3) is 0.0833. The smallest absolute Gasteiger partial charge is 0.341 e. The molecule has 0 aliphatic rings. The van der Waals surface area contributed by atoms with Gasteiger partial charge in [-0.25, -0.2) is 9.48 Å². The Kier molecular flexibility index (Phi) is 3.43. The lowest BCUT2D eigenvalue weighted by molar-refractivity contribution is 0.0693. The van der Waals surface area contributed by atoms with Crippen LogP contribution in [0.1, 0.15) is 15.9 Å². The maximum atomic E-state index is 11.8. The number of hydrogen-bond acceptors (Lipinski definition) is 3. The van der Waals surface area contributed by atoms with E-state index in [9.17, 15) is 9.59 Å². The molecule has 2 aromatic rings. The lowest BCUT2D eigenvalue weighted by Crippen LogP contribution is -2.28. The lowest BCUT2D eigenvalue weighted by atomic mass is 10.2. The number of hydrogen-bond donors (Lipinski definition) is 1. The summed E-state index contributed by atoms with van der Waals surface area (Å²) in [5.74, 6) is -1.26. The molecule has 0 unspecified atom stereocenters. The van der Waals surface area contributed by atoms with Gasteiger partial charge in [-0.3, -0.25) is 4.79 Å². The zero-order valence-electron chi connectivity index (χ0n) is 9.21. The quantitative estimate of drug-likeness (QED) is 0.915. The molecular weight excluding hydrogens is 256 g/mol. The number of aromatic carboxylic acids is 1. The van der Waals surface area contributed by atoms with Crippen LogP contribution in [0.4, 0.5) is 0 Å². The van der Waals surface area contributed by atoms with Gasteiger partial charge in [0.15, 0.2) is 0 Å². The van der Waals surface area contributed by atoms with Gasteiger partial charge in [-0.05, 0) is 23.8 Å². The molecule has 0 bridgehead atoms. The third-order valence-electron chi connectivity index (χ3n) is 2.39. The van der Waals surface area contributed by atoms with Crippen LogP contribution in [0.25, 0.3) is 0 Å². The van der Waals surface area contributed by atoms with E-state index in [1.165, 1.54) is 12.3 Å². The molecule has 1 aromatic carbocycles. The molecule has 6 heteroatoms. The van der Waals surface area contributed by atoms with E-state index in [2.05, 4.69) is 5.10 Å². The summed E-state index contributed by atoms with van der Waals surface area (Å²) in [5, 5.41) is 13.3. The third kappa shape index (κ3) is 2.57. The Morgan fingerprint density at radius 1 is 1.28 bits per heavy atom. The number of carbonyl (C=O) groups is 1. The van der Waals surface area contributed by atoms with Crippen LogP contribution in [-0.2, 0) is 6.54 Å². The second-order valence-corrected chi connectivity index (χ2v) is 4.08. The molecule has 0 radical (unpaired) electrons. The average Bonchev–Trinajstić information content (AvgIpc) is 2.34. The van der Waals surface area contributed by atoms with Crippen LogP contribution < -0.4 is 5.56 Å². The Morgan fingerprint density at radius 3 is 2.56 bits per heavy atom. The Morgan fingerprint density at radius 2 is 1.94 bits per heavy atom. The largest absolute Gasteiger partial charge is 0.477 e. The van der Waals surface area contributed by atoms with Crippen molar-refractivity contribution < 1.29 is 9.90 Å². The summed E-state index contributed by atoms with van der Waals surface area (Å²) < 4.78 is 1.10. The standard InChI is InChI=1S/C12H9ClN2O3/c13-9-3-1-8(2-4-9)7-15-11(16)10(12(17)18)5-6-14-15/h1-6H,7H2,(H,17,18). The molecule has 0 aliphatic carbocycles. The van der Waals surface area contributed by atoms with E-state index < -0.39 is 11.5 Å². The van der Waals surface area contributed by atoms with E-state index in [1.54, 1.807) is 24.3 Å². The molecule has 1 N–H and O–H groups in total. The van der Waals surface area contributed by atoms with Crippen molar-refractivity contribution in [2.75, 3.05) is 0 Å². The zero-order chi connectivity index (χ0) is 13.1. The van der Waals surface area contributed by atoms with Crippen molar-refractivity contribution in [1.82, 2.24) is 9.78 Å². The molecule has 0 fully saturated rings. The van der Waals surface area contributed by atoms with Crippen molar-refractivity contribution in [2.45, 2.75) is 6.54 Å². The predicted molar refractivity (Wildman–Crippen MR) is 66.0 cm³/mol. The summed E-state index contributed by atoms with van der Waals surface area (Å²) in [7, 11) is 0. The number of carboxylic acid groups (broad SMARTS) is 1. The maximum absolute atomic E-state index is 11.8. The molecule has 0 spiro atoms. The topological polar surface area (TPSA) is 72.2 Å². The summed E-state index contributed by atoms with van der Waals surface area (Å²) in [5.41, 5.74) is -0.101. The molecule has 0 aliphatic heterocycles. The Hall–Kier alpha value is -2.14. The predicted octanol–water partition coefficient (Wildman–Crippen LogP) is 1.64. The van der Waals surface area contributed by atoms with Gasteiger partial charge < -0.3 is 5.11 Å². The van der Waals surface area contributed by atoms with Crippen LogP contribution in [0, 0.1) is 0 Å². The van der Waals surface area contributed by atoms with Crippen molar-refractivity contribution in [3.8, 4) is 0 Å². The van der Waals surface area contributed by atoms with Gasteiger partial charge in [-0.2, -0.15) is 5.10 Å². The van der Waals surface area contributed by atoms with Gasteiger partial charge in [0.05, 0.1) is 6.54 Å². The minimum absolute atomic E-state index is 0.205. The van der Waals surface area contributed by atoms with E-state index >= 15 is 0 Å². The number of carboxylic acids is 1. The molecule has 1 heterocycles. The molecule has 0 saturated carbocycles. The maximum Gasteiger partial charge on any atom is 0.341 e. The lowest BCUT2D eigenvalue weighted by Gasteiger charge is -2.05. The van der Waals surface area contributed by atoms with E-state index in [-0.39, 0.29) is 12.1 Å². The minimum Gasteiger partial charge on any atom is -0.477 e. The number of rotatable bonds is 3. The van der Waals surface area contributed by atoms with Gasteiger partial charge in [0.1, 0.15) is 5.56 Å². The number of benzene rings is 1. The van der Waals surface area contributed by atoms with Crippen LogP contribution in [-0.4, -0.2) is 20.9 Å². The molecule has 1 aromatic heterocycles. The van der Waals surface area contributed by atoms with E-state index in [4.69, 9.17) is 16.7 Å². The molecule has 5 nitrogen and oxygen atoms in total. The number of halogens is 1. The highest BCUT2D eigenvalue weighted by atomic mass is 35.5. The normalized spacial score (nSPS) is 10.3.